The van der Waals surface area contributed by atoms with Gasteiger partial charge in [-0.3, -0.25) is 4.79 Å². The Morgan fingerprint density at radius 3 is 2.62 bits per heavy atom. The van der Waals surface area contributed by atoms with Crippen LogP contribution in [-0.4, -0.2) is 77.3 Å². The topological polar surface area (TPSA) is 78.6 Å². The van der Waals surface area contributed by atoms with E-state index in [4.69, 9.17) is 5.73 Å². The van der Waals surface area contributed by atoms with E-state index < -0.39 is 5.92 Å². The molecule has 160 valence electrons. The van der Waals surface area contributed by atoms with E-state index in [0.717, 1.165) is 25.1 Å². The van der Waals surface area contributed by atoms with E-state index in [9.17, 15) is 13.6 Å². The molecule has 3 aliphatic rings. The van der Waals surface area contributed by atoms with Crippen LogP contribution in [-0.2, 0) is 4.79 Å². The summed E-state index contributed by atoms with van der Waals surface area (Å²) in [5.41, 5.74) is 6.40. The highest BCUT2D eigenvalue weighted by molar-refractivity contribution is 7.99. The van der Waals surface area contributed by atoms with Gasteiger partial charge < -0.3 is 20.4 Å². The molecule has 0 saturated carbocycles. The molecule has 0 bridgehead atoms. The van der Waals surface area contributed by atoms with E-state index in [1.54, 1.807) is 11.0 Å². The van der Waals surface area contributed by atoms with Crippen LogP contribution in [0, 0.1) is 0 Å². The van der Waals surface area contributed by atoms with Crippen molar-refractivity contribution in [2.24, 2.45) is 5.73 Å². The fraction of sp³-hybridized carbons (Fsp3) is 0.737. The molecular weight excluding hydrogens is 398 g/mol. The summed E-state index contributed by atoms with van der Waals surface area (Å²) in [6.45, 7) is 3.91. The van der Waals surface area contributed by atoms with Crippen LogP contribution in [0.5, 0.6) is 0 Å². The fourth-order valence-corrected chi connectivity index (χ4v) is 4.93. The summed E-state index contributed by atoms with van der Waals surface area (Å²) in [4.78, 5) is 27.1. The highest BCUT2D eigenvalue weighted by atomic mass is 32.2. The molecular formula is C19H28F2N6OS. The number of nitrogens with two attached hydrogens (primary N) is 1. The number of alkyl halides is 2. The molecule has 4 rings (SSSR count). The molecule has 0 radical (unpaired) electrons. The fourth-order valence-electron chi connectivity index (χ4n) is 4.36. The SMILES string of the molecule is CCSc1nc(N2C[C@@H](N)[C@@H](N3CCCCC3=O)C2)cc(N2CCC(F)(F)C2)n1. The first kappa shape index (κ1) is 20.6. The van der Waals surface area contributed by atoms with E-state index in [0.29, 0.717) is 36.3 Å². The Balaban J connectivity index is 1.56. The quantitative estimate of drug-likeness (QED) is 0.570. The highest BCUT2D eigenvalue weighted by Gasteiger charge is 2.40. The molecule has 0 aliphatic carbocycles. The lowest BCUT2D eigenvalue weighted by Gasteiger charge is -2.34. The van der Waals surface area contributed by atoms with Crippen molar-refractivity contribution in [3.05, 3.63) is 6.07 Å². The Kier molecular flexibility index (Phi) is 5.83. The van der Waals surface area contributed by atoms with Gasteiger partial charge in [-0.1, -0.05) is 18.7 Å². The van der Waals surface area contributed by atoms with Gasteiger partial charge in [-0.25, -0.2) is 18.7 Å². The van der Waals surface area contributed by atoms with Crippen molar-refractivity contribution >= 4 is 29.3 Å². The van der Waals surface area contributed by atoms with Crippen molar-refractivity contribution in [2.45, 2.75) is 55.8 Å². The number of carbonyl (C=O) groups excluding carboxylic acids is 1. The molecule has 4 heterocycles. The Morgan fingerprint density at radius 1 is 1.21 bits per heavy atom. The van der Waals surface area contributed by atoms with Crippen molar-refractivity contribution in [2.75, 3.05) is 48.3 Å². The number of halogens is 2. The number of thioether (sulfide) groups is 1. The van der Waals surface area contributed by atoms with Gasteiger partial charge in [-0.05, 0) is 18.6 Å². The third-order valence-electron chi connectivity index (χ3n) is 5.86. The number of hydrogen-bond acceptors (Lipinski definition) is 7. The van der Waals surface area contributed by atoms with Crippen molar-refractivity contribution in [3.63, 3.8) is 0 Å². The molecule has 3 aliphatic heterocycles. The molecule has 2 atom stereocenters. The standard InChI is InChI=1S/C19H28F2N6OS/c1-2-29-18-23-15(25-8-6-19(20,21)12-25)9-16(24-18)26-10-13(22)14(11-26)27-7-4-3-5-17(27)28/h9,13-14H,2-8,10-12,22H2,1H3/t13-,14+/m1/s1. The van der Waals surface area contributed by atoms with Gasteiger partial charge in [0, 0.05) is 51.1 Å². The number of amides is 1. The van der Waals surface area contributed by atoms with Crippen LogP contribution in [0.15, 0.2) is 11.2 Å². The van der Waals surface area contributed by atoms with E-state index in [2.05, 4.69) is 14.9 Å². The summed E-state index contributed by atoms with van der Waals surface area (Å²) in [6.07, 6.45) is 2.37. The third kappa shape index (κ3) is 4.42. The first-order chi connectivity index (χ1) is 13.9. The average molecular weight is 427 g/mol. The molecule has 0 unspecified atom stereocenters. The minimum atomic E-state index is -2.68. The lowest BCUT2D eigenvalue weighted by molar-refractivity contribution is -0.135. The predicted molar refractivity (Wildman–Crippen MR) is 110 cm³/mol. The Hall–Kier alpha value is -1.68. The van der Waals surface area contributed by atoms with E-state index in [-0.39, 0.29) is 37.5 Å². The number of aromatic nitrogens is 2. The van der Waals surface area contributed by atoms with Crippen molar-refractivity contribution in [1.29, 1.82) is 0 Å². The maximum absolute atomic E-state index is 13.7. The summed E-state index contributed by atoms with van der Waals surface area (Å²) in [5, 5.41) is 0.585. The number of rotatable bonds is 5. The minimum absolute atomic E-state index is 0.0420. The van der Waals surface area contributed by atoms with Crippen LogP contribution >= 0.6 is 11.8 Å². The number of likely N-dealkylation sites (tertiary alicyclic amines) is 1. The second kappa shape index (κ2) is 8.22. The summed E-state index contributed by atoms with van der Waals surface area (Å²) >= 11 is 1.49. The first-order valence-electron chi connectivity index (χ1n) is 10.3. The predicted octanol–water partition coefficient (Wildman–Crippen LogP) is 1.96. The molecule has 1 aromatic heterocycles. The number of piperidine rings is 1. The van der Waals surface area contributed by atoms with E-state index in [1.165, 1.54) is 11.8 Å². The highest BCUT2D eigenvalue weighted by Crippen LogP contribution is 2.33. The van der Waals surface area contributed by atoms with Gasteiger partial charge in [0.05, 0.1) is 12.6 Å². The van der Waals surface area contributed by atoms with Crippen molar-refractivity contribution in [3.8, 4) is 0 Å². The summed E-state index contributed by atoms with van der Waals surface area (Å²) in [7, 11) is 0. The number of carbonyl (C=O) groups is 1. The number of nitrogens with zero attached hydrogens (tertiary/aromatic N) is 5. The van der Waals surface area contributed by atoms with Gasteiger partial charge in [0.25, 0.3) is 5.92 Å². The Bertz CT molecular complexity index is 766. The van der Waals surface area contributed by atoms with Crippen LogP contribution in [0.25, 0.3) is 0 Å². The second-order valence-corrected chi connectivity index (χ2v) is 9.24. The van der Waals surface area contributed by atoms with Gasteiger partial charge in [0.1, 0.15) is 11.6 Å². The van der Waals surface area contributed by atoms with Gasteiger partial charge in [0.15, 0.2) is 5.16 Å². The molecule has 3 saturated heterocycles. The third-order valence-corrected chi connectivity index (χ3v) is 6.59. The van der Waals surface area contributed by atoms with Crippen molar-refractivity contribution < 1.29 is 13.6 Å². The zero-order valence-electron chi connectivity index (χ0n) is 16.7. The van der Waals surface area contributed by atoms with Crippen molar-refractivity contribution in [1.82, 2.24) is 14.9 Å². The zero-order valence-corrected chi connectivity index (χ0v) is 17.5. The molecule has 2 N–H and O–H groups in total. The van der Waals surface area contributed by atoms with Gasteiger partial charge in [0.2, 0.25) is 5.91 Å². The van der Waals surface area contributed by atoms with E-state index >= 15 is 0 Å². The van der Waals surface area contributed by atoms with E-state index in [1.807, 2.05) is 11.8 Å². The molecule has 10 heteroatoms. The smallest absolute Gasteiger partial charge is 0.266 e. The van der Waals surface area contributed by atoms with Gasteiger partial charge >= 0.3 is 0 Å². The molecule has 1 aromatic rings. The maximum atomic E-state index is 13.7. The summed E-state index contributed by atoms with van der Waals surface area (Å²) in [6, 6.07) is 1.59. The maximum Gasteiger partial charge on any atom is 0.266 e. The van der Waals surface area contributed by atoms with Gasteiger partial charge in [-0.2, -0.15) is 0 Å². The Labute approximate surface area is 174 Å². The molecule has 0 aromatic carbocycles. The molecule has 0 spiro atoms. The van der Waals surface area contributed by atoms with Crippen LogP contribution in [0.3, 0.4) is 0 Å². The summed E-state index contributed by atoms with van der Waals surface area (Å²) < 4.78 is 27.4. The van der Waals surface area contributed by atoms with Gasteiger partial charge in [-0.15, -0.1) is 0 Å². The summed E-state index contributed by atoms with van der Waals surface area (Å²) in [5.74, 6) is -0.483. The first-order valence-corrected chi connectivity index (χ1v) is 11.3. The normalized spacial score (nSPS) is 27.2. The van der Waals surface area contributed by atoms with Crippen LogP contribution in [0.1, 0.15) is 32.6 Å². The lowest BCUT2D eigenvalue weighted by Crippen LogP contribution is -2.51. The number of anilines is 2. The Morgan fingerprint density at radius 2 is 1.97 bits per heavy atom. The monoisotopic (exact) mass is 426 g/mol. The number of hydrogen-bond donors (Lipinski definition) is 1. The van der Waals surface area contributed by atoms with Crippen LogP contribution < -0.4 is 15.5 Å². The lowest BCUT2D eigenvalue weighted by atomic mass is 10.1. The molecule has 3 fully saturated rings. The van der Waals surface area contributed by atoms with Crippen LogP contribution in [0.4, 0.5) is 20.4 Å². The average Bonchev–Trinajstić information content (AvgIpc) is 3.24. The molecule has 29 heavy (non-hydrogen) atoms. The minimum Gasteiger partial charge on any atom is -0.353 e. The van der Waals surface area contributed by atoms with Crippen LogP contribution in [0.2, 0.25) is 0 Å². The molecule has 1 amide bonds. The second-order valence-electron chi connectivity index (χ2n) is 8.01. The molecule has 7 nitrogen and oxygen atoms in total. The zero-order chi connectivity index (χ0) is 20.6. The largest absolute Gasteiger partial charge is 0.353 e.